The summed E-state index contributed by atoms with van der Waals surface area (Å²) >= 11 is 5.55. The number of halogens is 1. The predicted octanol–water partition coefficient (Wildman–Crippen LogP) is 1.66. The van der Waals surface area contributed by atoms with Crippen molar-refractivity contribution in [2.45, 2.75) is 31.7 Å². The number of ketones is 1. The summed E-state index contributed by atoms with van der Waals surface area (Å²) in [4.78, 5) is 23.0. The molecular formula is C13H16ClNO2. The maximum atomic E-state index is 11.6. The van der Waals surface area contributed by atoms with Gasteiger partial charge in [-0.15, -0.1) is 11.6 Å². The summed E-state index contributed by atoms with van der Waals surface area (Å²) in [5, 5.41) is 3.06. The predicted molar refractivity (Wildman–Crippen MR) is 64.7 cm³/mol. The van der Waals surface area contributed by atoms with Gasteiger partial charge in [0.2, 0.25) is 5.91 Å². The molecule has 5 aliphatic rings. The van der Waals surface area contributed by atoms with Crippen LogP contribution in [-0.4, -0.2) is 23.1 Å². The summed E-state index contributed by atoms with van der Waals surface area (Å²) in [7, 11) is 0. The van der Waals surface area contributed by atoms with E-state index in [4.69, 9.17) is 11.6 Å². The summed E-state index contributed by atoms with van der Waals surface area (Å²) in [6.07, 6.45) is 4.98. The molecule has 17 heavy (non-hydrogen) atoms. The van der Waals surface area contributed by atoms with E-state index in [0.717, 1.165) is 19.3 Å². The van der Waals surface area contributed by atoms with Gasteiger partial charge in [0.15, 0.2) is 0 Å². The minimum Gasteiger partial charge on any atom is -0.349 e. The molecule has 4 heteroatoms. The zero-order valence-electron chi connectivity index (χ0n) is 9.83. The first-order valence-corrected chi connectivity index (χ1v) is 6.67. The van der Waals surface area contributed by atoms with E-state index in [-0.39, 0.29) is 23.2 Å². The molecule has 3 saturated carbocycles. The summed E-state index contributed by atoms with van der Waals surface area (Å²) in [5.41, 5.74) is 1.35. The van der Waals surface area contributed by atoms with Crippen molar-refractivity contribution >= 4 is 23.3 Å². The molecular weight excluding hydrogens is 238 g/mol. The first-order chi connectivity index (χ1) is 8.06. The average Bonchev–Trinajstić information content (AvgIpc) is 2.28. The number of nitrogens with one attached hydrogen (secondary N) is 1. The Labute approximate surface area is 106 Å². The van der Waals surface area contributed by atoms with Gasteiger partial charge in [0.1, 0.15) is 11.7 Å². The van der Waals surface area contributed by atoms with E-state index in [0.29, 0.717) is 17.6 Å². The van der Waals surface area contributed by atoms with Crippen LogP contribution in [0.1, 0.15) is 26.2 Å². The molecule has 0 spiro atoms. The number of rotatable bonds is 3. The molecule has 92 valence electrons. The monoisotopic (exact) mass is 253 g/mol. The van der Waals surface area contributed by atoms with Gasteiger partial charge in [-0.2, -0.15) is 0 Å². The number of carbonyl (C=O) groups is 2. The van der Waals surface area contributed by atoms with Crippen molar-refractivity contribution in [1.82, 2.24) is 5.32 Å². The standard InChI is InChI=1S/C13H16ClNO2/c1-7(16)12-9-4-13(15-11(17)6-14)3-2-8(9)10(12)5-13/h2,9-10,12H,3-6H2,1H3,(H,15,17). The second-order valence-electron chi connectivity index (χ2n) is 5.63. The quantitative estimate of drug-likeness (QED) is 0.614. The van der Waals surface area contributed by atoms with Crippen molar-refractivity contribution in [3.63, 3.8) is 0 Å². The average molecular weight is 254 g/mol. The van der Waals surface area contributed by atoms with Gasteiger partial charge in [-0.05, 0) is 38.0 Å². The van der Waals surface area contributed by atoms with E-state index in [1.807, 2.05) is 0 Å². The molecule has 2 unspecified atom stereocenters. The fraction of sp³-hybridized carbons (Fsp3) is 0.692. The Bertz CT molecular complexity index is 413. The zero-order valence-corrected chi connectivity index (χ0v) is 10.6. The number of hydrogen-bond donors (Lipinski definition) is 1. The normalized spacial score (nSPS) is 41.5. The van der Waals surface area contributed by atoms with Crippen LogP contribution in [0.2, 0.25) is 0 Å². The lowest BCUT2D eigenvalue weighted by molar-refractivity contribution is -0.132. The number of amides is 1. The van der Waals surface area contributed by atoms with Gasteiger partial charge in [0.05, 0.1) is 0 Å². The van der Waals surface area contributed by atoms with Crippen LogP contribution in [0.3, 0.4) is 0 Å². The van der Waals surface area contributed by atoms with Crippen molar-refractivity contribution in [2.75, 3.05) is 5.88 Å². The van der Waals surface area contributed by atoms with Crippen LogP contribution in [0.25, 0.3) is 0 Å². The molecule has 0 aliphatic heterocycles. The van der Waals surface area contributed by atoms with Crippen LogP contribution in [0.4, 0.5) is 0 Å². The topological polar surface area (TPSA) is 46.2 Å². The smallest absolute Gasteiger partial charge is 0.235 e. The van der Waals surface area contributed by atoms with Crippen molar-refractivity contribution in [3.8, 4) is 0 Å². The summed E-state index contributed by atoms with van der Waals surface area (Å²) in [6, 6.07) is 0. The van der Waals surface area contributed by atoms with Crippen molar-refractivity contribution < 1.29 is 9.59 Å². The number of Topliss-reactive ketones (excluding diaryl/α,β-unsaturated/α-hetero) is 1. The second-order valence-corrected chi connectivity index (χ2v) is 5.90. The molecule has 5 aliphatic carbocycles. The van der Waals surface area contributed by atoms with E-state index in [9.17, 15) is 9.59 Å². The molecule has 0 aromatic carbocycles. The van der Waals surface area contributed by atoms with Crippen LogP contribution in [0, 0.1) is 17.8 Å². The third-order valence-corrected chi connectivity index (χ3v) is 4.91. The Balaban J connectivity index is 1.81. The lowest BCUT2D eigenvalue weighted by Crippen LogP contribution is -2.64. The molecule has 3 nitrogen and oxygen atoms in total. The number of carbonyl (C=O) groups excluding carboxylic acids is 2. The van der Waals surface area contributed by atoms with Crippen LogP contribution < -0.4 is 5.32 Å². The molecule has 0 radical (unpaired) electrons. The molecule has 5 rings (SSSR count). The molecule has 3 fully saturated rings. The Morgan fingerprint density at radius 2 is 2.12 bits per heavy atom. The molecule has 0 saturated heterocycles. The minimum atomic E-state index is -0.116. The third kappa shape index (κ3) is 1.48. The van der Waals surface area contributed by atoms with Crippen LogP contribution in [-0.2, 0) is 9.59 Å². The van der Waals surface area contributed by atoms with E-state index in [1.54, 1.807) is 6.92 Å². The van der Waals surface area contributed by atoms with Gasteiger partial charge in [-0.1, -0.05) is 11.6 Å². The van der Waals surface area contributed by atoms with E-state index in [2.05, 4.69) is 11.4 Å². The first-order valence-electron chi connectivity index (χ1n) is 6.14. The van der Waals surface area contributed by atoms with Crippen LogP contribution >= 0.6 is 11.6 Å². The summed E-state index contributed by atoms with van der Waals surface area (Å²) < 4.78 is 0. The third-order valence-electron chi connectivity index (χ3n) is 4.67. The van der Waals surface area contributed by atoms with Crippen molar-refractivity contribution in [1.29, 1.82) is 0 Å². The Hall–Kier alpha value is -0.830. The lowest BCUT2D eigenvalue weighted by Gasteiger charge is -2.61. The van der Waals surface area contributed by atoms with Gasteiger partial charge in [-0.3, -0.25) is 9.59 Å². The van der Waals surface area contributed by atoms with E-state index < -0.39 is 0 Å². The highest BCUT2D eigenvalue weighted by molar-refractivity contribution is 6.27. The highest BCUT2D eigenvalue weighted by Crippen LogP contribution is 2.62. The Morgan fingerprint density at radius 3 is 2.65 bits per heavy atom. The number of alkyl halides is 1. The number of fused-ring (bicyclic) bond motifs is 1. The Kier molecular flexibility index (Phi) is 2.37. The van der Waals surface area contributed by atoms with Gasteiger partial charge in [-0.25, -0.2) is 0 Å². The lowest BCUT2D eigenvalue weighted by atomic mass is 9.45. The molecule has 0 aromatic heterocycles. The van der Waals surface area contributed by atoms with Gasteiger partial charge < -0.3 is 5.32 Å². The SMILES string of the molecule is CC(=O)C1C2CC3(NC(=O)CCl)CC=C2C1C3. The van der Waals surface area contributed by atoms with Gasteiger partial charge >= 0.3 is 0 Å². The fourth-order valence-corrected chi connectivity index (χ4v) is 4.16. The molecule has 0 aromatic rings. The Morgan fingerprint density at radius 1 is 1.47 bits per heavy atom. The molecule has 0 heterocycles. The van der Waals surface area contributed by atoms with E-state index in [1.165, 1.54) is 5.57 Å². The zero-order chi connectivity index (χ0) is 12.2. The highest BCUT2D eigenvalue weighted by Gasteiger charge is 2.60. The minimum absolute atomic E-state index is 0.0177. The number of hydrogen-bond acceptors (Lipinski definition) is 2. The second kappa shape index (κ2) is 3.58. The molecule has 1 amide bonds. The largest absolute Gasteiger partial charge is 0.349 e. The molecule has 2 atom stereocenters. The summed E-state index contributed by atoms with van der Waals surface area (Å²) in [6.45, 7) is 1.69. The van der Waals surface area contributed by atoms with Crippen LogP contribution in [0.15, 0.2) is 11.6 Å². The van der Waals surface area contributed by atoms with Gasteiger partial charge in [0.25, 0.3) is 0 Å². The maximum absolute atomic E-state index is 11.6. The van der Waals surface area contributed by atoms with E-state index >= 15 is 0 Å². The maximum Gasteiger partial charge on any atom is 0.235 e. The first kappa shape index (κ1) is 11.3. The summed E-state index contributed by atoms with van der Waals surface area (Å²) in [5.74, 6) is 1.21. The fourth-order valence-electron chi connectivity index (χ4n) is 4.10. The molecule has 4 bridgehead atoms. The van der Waals surface area contributed by atoms with Crippen LogP contribution in [0.5, 0.6) is 0 Å². The highest BCUT2D eigenvalue weighted by atomic mass is 35.5. The van der Waals surface area contributed by atoms with Gasteiger partial charge in [0, 0.05) is 11.5 Å². The van der Waals surface area contributed by atoms with Crippen molar-refractivity contribution in [2.24, 2.45) is 17.8 Å². The molecule has 1 N–H and O–H groups in total. The van der Waals surface area contributed by atoms with Crippen molar-refractivity contribution in [3.05, 3.63) is 11.6 Å². The number of allylic oxidation sites excluding steroid dienone is 1.